The van der Waals surface area contributed by atoms with Crippen molar-refractivity contribution in [3.63, 3.8) is 0 Å². The Morgan fingerprint density at radius 1 is 0.800 bits per heavy atom. The number of thiocarbonyl (C=S) groups is 1. The van der Waals surface area contributed by atoms with Gasteiger partial charge in [0.25, 0.3) is 0 Å². The average Bonchev–Trinajstić information content (AvgIpc) is 3.76. The normalized spacial score (nSPS) is 34.6. The van der Waals surface area contributed by atoms with E-state index < -0.39 is 6.09 Å². The zero-order chi connectivity index (χ0) is 42.4. The van der Waals surface area contributed by atoms with Crippen LogP contribution in [0.5, 0.6) is 0 Å². The number of alkyl carbamates (subject to hydrolysis) is 1. The third kappa shape index (κ3) is 6.09. The summed E-state index contributed by atoms with van der Waals surface area (Å²) in [6, 6.07) is 24.9. The molecule has 0 unspecified atom stereocenters. The fraction of sp³-hybridized carbons (Fsp3) is 0.528. The molecule has 2 N–H and O–H groups in total. The summed E-state index contributed by atoms with van der Waals surface area (Å²) in [6.07, 6.45) is 12.3. The van der Waals surface area contributed by atoms with Gasteiger partial charge in [0.2, 0.25) is 0 Å². The van der Waals surface area contributed by atoms with Crippen molar-refractivity contribution in [1.82, 2.24) is 10.6 Å². The summed E-state index contributed by atoms with van der Waals surface area (Å²) in [5.74, 6) is 2.20. The molecule has 0 aliphatic heterocycles. The molecule has 316 valence electrons. The van der Waals surface area contributed by atoms with Crippen LogP contribution in [0.25, 0.3) is 16.7 Å². The van der Waals surface area contributed by atoms with E-state index in [-0.39, 0.29) is 45.7 Å². The number of fused-ring (bicyclic) bond motifs is 10. The Hall–Kier alpha value is -4.23. The van der Waals surface area contributed by atoms with E-state index in [1.807, 2.05) is 12.1 Å². The molecule has 0 bridgehead atoms. The van der Waals surface area contributed by atoms with Crippen molar-refractivity contribution in [3.05, 3.63) is 113 Å². The van der Waals surface area contributed by atoms with Gasteiger partial charge in [0.15, 0.2) is 5.11 Å². The molecular formula is C53H64N2O4S. The highest BCUT2D eigenvalue weighted by atomic mass is 32.1. The van der Waals surface area contributed by atoms with E-state index in [0.29, 0.717) is 40.3 Å². The third-order valence-electron chi connectivity index (χ3n) is 18.2. The molecule has 7 heteroatoms. The van der Waals surface area contributed by atoms with Gasteiger partial charge in [-0.3, -0.25) is 5.32 Å². The number of allylic oxidation sites excluding steroid dienone is 3. The summed E-state index contributed by atoms with van der Waals surface area (Å²) >= 11 is 5.99. The van der Waals surface area contributed by atoms with Crippen molar-refractivity contribution in [2.75, 3.05) is 13.7 Å². The van der Waals surface area contributed by atoms with Crippen LogP contribution in [0.1, 0.15) is 132 Å². The predicted octanol–water partition coefficient (Wildman–Crippen LogP) is 12.3. The Morgan fingerprint density at radius 3 is 2.12 bits per heavy atom. The van der Waals surface area contributed by atoms with Gasteiger partial charge in [0.05, 0.1) is 12.7 Å². The summed E-state index contributed by atoms with van der Waals surface area (Å²) in [7, 11) is 1.44. The Labute approximate surface area is 363 Å². The summed E-state index contributed by atoms with van der Waals surface area (Å²) in [5, 5.41) is 7.19. The second-order valence-corrected chi connectivity index (χ2v) is 21.3. The minimum Gasteiger partial charge on any atom is -0.465 e. The highest BCUT2D eigenvalue weighted by Crippen LogP contribution is 2.76. The number of esters is 1. The molecule has 4 saturated carbocycles. The van der Waals surface area contributed by atoms with Gasteiger partial charge in [-0.2, -0.15) is 0 Å². The highest BCUT2D eigenvalue weighted by molar-refractivity contribution is 7.80. The van der Waals surface area contributed by atoms with Crippen molar-refractivity contribution < 1.29 is 19.1 Å². The van der Waals surface area contributed by atoms with E-state index in [1.165, 1.54) is 71.8 Å². The molecule has 4 fully saturated rings. The fourth-order valence-corrected chi connectivity index (χ4v) is 15.6. The van der Waals surface area contributed by atoms with E-state index >= 15 is 0 Å². The maximum absolute atomic E-state index is 13.5. The van der Waals surface area contributed by atoms with Crippen LogP contribution in [0.3, 0.4) is 0 Å². The number of hydrogen-bond donors (Lipinski definition) is 2. The molecule has 0 spiro atoms. The quantitative estimate of drug-likeness (QED) is 0.146. The Kier molecular flexibility index (Phi) is 10.1. The maximum Gasteiger partial charge on any atom is 0.413 e. The smallest absolute Gasteiger partial charge is 0.413 e. The lowest BCUT2D eigenvalue weighted by molar-refractivity contribution is -0.218. The van der Waals surface area contributed by atoms with E-state index in [1.54, 1.807) is 0 Å². The van der Waals surface area contributed by atoms with Crippen LogP contribution in [0.4, 0.5) is 4.79 Å². The molecule has 6 nitrogen and oxygen atoms in total. The van der Waals surface area contributed by atoms with Gasteiger partial charge in [0.1, 0.15) is 6.61 Å². The molecule has 0 aromatic heterocycles. The van der Waals surface area contributed by atoms with Crippen molar-refractivity contribution in [2.24, 2.45) is 51.2 Å². The standard InChI is InChI=1S/C53H64N2O4S/c1-32(2)35-23-28-53(55-47(60)54-48(57)59-31-40-38-15-11-9-13-36(38)37-14-10-12-16-39(37)40)30-29-51(6)42(45(35)53)21-22-44-50(5)26-24-41(33-17-19-34(20-18-33)46(56)58-8)49(3,4)43(50)25-27-52(44,51)7/h9-20,24,35,40,42-45H,1,21-23,25-31H2,2-8H3,(H2,54,55,57,60)/t35-,42+,43-,44+,45+,50-,51+,52+,53-/m0/s1. The largest absolute Gasteiger partial charge is 0.465 e. The molecule has 0 radical (unpaired) electrons. The number of benzene rings is 3. The molecule has 9 rings (SSSR count). The van der Waals surface area contributed by atoms with Crippen molar-refractivity contribution in [3.8, 4) is 11.1 Å². The monoisotopic (exact) mass is 824 g/mol. The molecule has 0 heterocycles. The van der Waals surface area contributed by atoms with E-state index in [0.717, 1.165) is 32.1 Å². The minimum atomic E-state index is -0.499. The molecule has 60 heavy (non-hydrogen) atoms. The zero-order valence-corrected chi connectivity index (χ0v) is 37.6. The van der Waals surface area contributed by atoms with Crippen LogP contribution < -0.4 is 10.6 Å². The molecule has 6 aliphatic carbocycles. The molecule has 6 aliphatic rings. The average molecular weight is 825 g/mol. The van der Waals surface area contributed by atoms with Crippen LogP contribution in [0, 0.1) is 51.2 Å². The first-order valence-electron chi connectivity index (χ1n) is 22.6. The minimum absolute atomic E-state index is 0.00305. The topological polar surface area (TPSA) is 76.7 Å². The lowest BCUT2D eigenvalue weighted by atomic mass is 9.33. The van der Waals surface area contributed by atoms with Gasteiger partial charge in [-0.05, 0) is 174 Å². The van der Waals surface area contributed by atoms with Crippen LogP contribution >= 0.6 is 12.2 Å². The first kappa shape index (κ1) is 41.1. The van der Waals surface area contributed by atoms with Crippen LogP contribution in [-0.2, 0) is 9.47 Å². The molecule has 0 saturated heterocycles. The molecular weight excluding hydrogens is 761 g/mol. The number of hydrogen-bond acceptors (Lipinski definition) is 5. The number of carbonyl (C=O) groups is 2. The molecule has 3 aromatic rings. The second-order valence-electron chi connectivity index (χ2n) is 20.9. The lowest BCUT2D eigenvalue weighted by Crippen LogP contribution is -2.68. The van der Waals surface area contributed by atoms with Crippen molar-refractivity contribution >= 4 is 35.0 Å². The van der Waals surface area contributed by atoms with E-state index in [4.69, 9.17) is 21.7 Å². The molecule has 3 aromatic carbocycles. The lowest BCUT2D eigenvalue weighted by Gasteiger charge is -2.72. The Balaban J connectivity index is 0.927. The second kappa shape index (κ2) is 14.7. The summed E-state index contributed by atoms with van der Waals surface area (Å²) in [4.78, 5) is 25.7. The van der Waals surface area contributed by atoms with Crippen molar-refractivity contribution in [2.45, 2.75) is 111 Å². The third-order valence-corrected chi connectivity index (χ3v) is 18.4. The van der Waals surface area contributed by atoms with Gasteiger partial charge in [-0.1, -0.05) is 114 Å². The first-order valence-corrected chi connectivity index (χ1v) is 23.0. The number of methoxy groups -OCH3 is 1. The first-order chi connectivity index (χ1) is 28.6. The Bertz CT molecular complexity index is 2230. The Morgan fingerprint density at radius 2 is 1.47 bits per heavy atom. The predicted molar refractivity (Wildman–Crippen MR) is 244 cm³/mol. The van der Waals surface area contributed by atoms with Crippen LogP contribution in [0.2, 0.25) is 0 Å². The zero-order valence-electron chi connectivity index (χ0n) is 36.8. The highest BCUT2D eigenvalue weighted by Gasteiger charge is 2.70. The number of nitrogens with one attached hydrogen (secondary N) is 2. The summed E-state index contributed by atoms with van der Waals surface area (Å²) in [6.45, 7) is 20.0. The number of carbonyl (C=O) groups excluding carboxylic acids is 2. The van der Waals surface area contributed by atoms with Gasteiger partial charge in [0, 0.05) is 11.5 Å². The number of rotatable bonds is 6. The number of amides is 1. The summed E-state index contributed by atoms with van der Waals surface area (Å²) < 4.78 is 10.9. The SMILES string of the molecule is C=C(C)[C@@H]1CC[C@]2(NC(=S)NC(=O)OCC3c4ccccc4-c4ccccc43)CC[C@]3(C)[C@H](CC[C@@H]4[C@@]5(C)CC=C(c6ccc(C(=O)OC)cc6)C(C)(C)[C@@H]5CC[C@]43C)[C@@H]12. The van der Waals surface area contributed by atoms with E-state index in [2.05, 4.69) is 125 Å². The van der Waals surface area contributed by atoms with Gasteiger partial charge in [-0.25, -0.2) is 9.59 Å². The number of ether oxygens (including phenoxy) is 2. The van der Waals surface area contributed by atoms with Crippen molar-refractivity contribution in [1.29, 1.82) is 0 Å². The van der Waals surface area contributed by atoms with E-state index in [9.17, 15) is 9.59 Å². The van der Waals surface area contributed by atoms with Gasteiger partial charge >= 0.3 is 12.1 Å². The molecule has 1 amide bonds. The van der Waals surface area contributed by atoms with Crippen LogP contribution in [0.15, 0.2) is 91.0 Å². The molecule has 9 atom stereocenters. The fourth-order valence-electron chi connectivity index (χ4n) is 15.4. The van der Waals surface area contributed by atoms with Gasteiger partial charge < -0.3 is 14.8 Å². The summed E-state index contributed by atoms with van der Waals surface area (Å²) in [5.41, 5.74) is 9.65. The van der Waals surface area contributed by atoms with Crippen LogP contribution in [-0.4, -0.2) is 36.4 Å². The maximum atomic E-state index is 13.5. The van der Waals surface area contributed by atoms with Gasteiger partial charge in [-0.15, -0.1) is 0 Å².